The zero-order valence-corrected chi connectivity index (χ0v) is 18.3. The summed E-state index contributed by atoms with van der Waals surface area (Å²) in [4.78, 5) is 28.6. The lowest BCUT2D eigenvalue weighted by atomic mass is 10.1. The normalized spacial score (nSPS) is 11.1. The quantitative estimate of drug-likeness (QED) is 0.342. The molecule has 154 valence electrons. The fraction of sp³-hybridized carbons (Fsp3) is 0.130. The van der Waals surface area contributed by atoms with Crippen LogP contribution in [0.1, 0.15) is 22.8 Å². The van der Waals surface area contributed by atoms with Crippen LogP contribution in [0.5, 0.6) is 5.75 Å². The van der Waals surface area contributed by atoms with Crippen molar-refractivity contribution in [1.82, 2.24) is 15.0 Å². The Hall–Kier alpha value is -3.36. The Morgan fingerprint density at radius 2 is 2.00 bits per heavy atom. The van der Waals surface area contributed by atoms with Crippen LogP contribution in [0.3, 0.4) is 0 Å². The maximum absolute atomic E-state index is 13.6. The standard InChI is InChI=1S/C23H18N4O2S2/c1-2-29-17-6-8-19-21(11-17)31-23(26-19)27(13-15-4-3-9-24-12-15)22(28)16-5-7-18-20(10-16)30-14-25-18/h3-12,14H,2,13H2,1H3. The summed E-state index contributed by atoms with van der Waals surface area (Å²) in [6.07, 6.45) is 3.49. The Morgan fingerprint density at radius 1 is 1.10 bits per heavy atom. The summed E-state index contributed by atoms with van der Waals surface area (Å²) in [6, 6.07) is 15.2. The number of anilines is 1. The Morgan fingerprint density at radius 3 is 2.84 bits per heavy atom. The number of hydrogen-bond acceptors (Lipinski definition) is 7. The maximum atomic E-state index is 13.6. The van der Waals surface area contributed by atoms with Crippen molar-refractivity contribution in [2.45, 2.75) is 13.5 Å². The van der Waals surface area contributed by atoms with Gasteiger partial charge in [-0.2, -0.15) is 0 Å². The van der Waals surface area contributed by atoms with Gasteiger partial charge in [0.1, 0.15) is 5.75 Å². The number of ether oxygens (including phenoxy) is 1. The highest BCUT2D eigenvalue weighted by molar-refractivity contribution is 7.22. The number of benzene rings is 2. The van der Waals surface area contributed by atoms with Gasteiger partial charge in [0, 0.05) is 18.0 Å². The summed E-state index contributed by atoms with van der Waals surface area (Å²) in [5.74, 6) is 0.689. The second kappa shape index (κ2) is 8.41. The largest absolute Gasteiger partial charge is 0.494 e. The van der Waals surface area contributed by atoms with E-state index < -0.39 is 0 Å². The minimum atomic E-state index is -0.108. The number of nitrogens with zero attached hydrogens (tertiary/aromatic N) is 4. The molecular formula is C23H18N4O2S2. The molecule has 1 amide bonds. The minimum absolute atomic E-state index is 0.108. The molecule has 0 bridgehead atoms. The lowest BCUT2D eigenvalue weighted by molar-refractivity contribution is 0.0985. The third-order valence-corrected chi connectivity index (χ3v) is 6.61. The Labute approximate surface area is 186 Å². The Bertz CT molecular complexity index is 1360. The van der Waals surface area contributed by atoms with Gasteiger partial charge in [0.05, 0.1) is 39.1 Å². The predicted octanol–water partition coefficient (Wildman–Crippen LogP) is 5.55. The second-order valence-corrected chi connectivity index (χ2v) is 8.74. The van der Waals surface area contributed by atoms with Crippen molar-refractivity contribution >= 4 is 54.1 Å². The minimum Gasteiger partial charge on any atom is -0.494 e. The van der Waals surface area contributed by atoms with Crippen molar-refractivity contribution in [2.75, 3.05) is 11.5 Å². The van der Waals surface area contributed by atoms with Crippen LogP contribution in [-0.4, -0.2) is 27.5 Å². The van der Waals surface area contributed by atoms with Crippen molar-refractivity contribution in [3.05, 3.63) is 77.6 Å². The van der Waals surface area contributed by atoms with Crippen molar-refractivity contribution in [3.63, 3.8) is 0 Å². The summed E-state index contributed by atoms with van der Waals surface area (Å²) >= 11 is 3.00. The molecule has 5 aromatic rings. The van der Waals surface area contributed by atoms with Crippen molar-refractivity contribution in [1.29, 1.82) is 0 Å². The maximum Gasteiger partial charge on any atom is 0.260 e. The zero-order valence-electron chi connectivity index (χ0n) is 16.7. The number of aromatic nitrogens is 3. The fourth-order valence-corrected chi connectivity index (χ4v) is 5.02. The molecular weight excluding hydrogens is 428 g/mol. The first-order valence-electron chi connectivity index (χ1n) is 9.78. The predicted molar refractivity (Wildman–Crippen MR) is 125 cm³/mol. The fourth-order valence-electron chi connectivity index (χ4n) is 3.31. The molecule has 0 aliphatic heterocycles. The van der Waals surface area contributed by atoms with E-state index in [2.05, 4.69) is 9.97 Å². The number of rotatable bonds is 6. The number of amides is 1. The van der Waals surface area contributed by atoms with Crippen LogP contribution in [0.4, 0.5) is 5.13 Å². The van der Waals surface area contributed by atoms with Crippen LogP contribution < -0.4 is 9.64 Å². The van der Waals surface area contributed by atoms with Crippen molar-refractivity contribution in [2.24, 2.45) is 0 Å². The van der Waals surface area contributed by atoms with E-state index in [-0.39, 0.29) is 5.91 Å². The molecule has 0 saturated heterocycles. The molecule has 3 heterocycles. The first kappa shape index (κ1) is 19.6. The van der Waals surface area contributed by atoms with E-state index in [0.717, 1.165) is 31.7 Å². The van der Waals surface area contributed by atoms with Gasteiger partial charge in [0.2, 0.25) is 0 Å². The number of carbonyl (C=O) groups is 1. The van der Waals surface area contributed by atoms with Gasteiger partial charge in [0.15, 0.2) is 5.13 Å². The molecule has 0 atom stereocenters. The molecule has 3 aromatic heterocycles. The molecule has 0 spiro atoms. The monoisotopic (exact) mass is 446 g/mol. The average Bonchev–Trinajstić information content (AvgIpc) is 3.44. The van der Waals surface area contributed by atoms with Gasteiger partial charge in [-0.3, -0.25) is 14.7 Å². The average molecular weight is 447 g/mol. The second-order valence-electron chi connectivity index (χ2n) is 6.85. The summed E-state index contributed by atoms with van der Waals surface area (Å²) in [5, 5.41) is 0.641. The molecule has 0 radical (unpaired) electrons. The molecule has 0 unspecified atom stereocenters. The van der Waals surface area contributed by atoms with Crippen LogP contribution in [0, 0.1) is 0 Å². The van der Waals surface area contributed by atoms with Gasteiger partial charge < -0.3 is 4.74 Å². The molecule has 0 aliphatic rings. The van der Waals surface area contributed by atoms with E-state index in [1.54, 1.807) is 22.8 Å². The Balaban J connectivity index is 1.56. The molecule has 2 aromatic carbocycles. The molecule has 0 N–H and O–H groups in total. The molecule has 5 rings (SSSR count). The van der Waals surface area contributed by atoms with Crippen molar-refractivity contribution < 1.29 is 9.53 Å². The van der Waals surface area contributed by atoms with Crippen LogP contribution in [0.25, 0.3) is 20.4 Å². The topological polar surface area (TPSA) is 68.2 Å². The van der Waals surface area contributed by atoms with E-state index in [0.29, 0.717) is 23.8 Å². The van der Waals surface area contributed by atoms with Gasteiger partial charge in [-0.15, -0.1) is 11.3 Å². The summed E-state index contributed by atoms with van der Waals surface area (Å²) in [5.41, 5.74) is 5.06. The van der Waals surface area contributed by atoms with E-state index in [1.807, 2.05) is 55.5 Å². The van der Waals surface area contributed by atoms with E-state index in [4.69, 9.17) is 9.72 Å². The van der Waals surface area contributed by atoms with Crippen molar-refractivity contribution in [3.8, 4) is 5.75 Å². The van der Waals surface area contributed by atoms with Crippen LogP contribution in [0.15, 0.2) is 66.4 Å². The number of hydrogen-bond donors (Lipinski definition) is 0. The first-order chi connectivity index (χ1) is 15.2. The number of carbonyl (C=O) groups excluding carboxylic acids is 1. The number of fused-ring (bicyclic) bond motifs is 2. The van der Waals surface area contributed by atoms with E-state index in [1.165, 1.54) is 22.7 Å². The number of pyridine rings is 1. The smallest absolute Gasteiger partial charge is 0.260 e. The highest BCUT2D eigenvalue weighted by Gasteiger charge is 2.22. The molecule has 8 heteroatoms. The highest BCUT2D eigenvalue weighted by Crippen LogP contribution is 2.33. The van der Waals surface area contributed by atoms with Gasteiger partial charge in [-0.05, 0) is 55.0 Å². The highest BCUT2D eigenvalue weighted by atomic mass is 32.1. The molecule has 31 heavy (non-hydrogen) atoms. The molecule has 0 saturated carbocycles. The lowest BCUT2D eigenvalue weighted by Crippen LogP contribution is -2.30. The summed E-state index contributed by atoms with van der Waals surface area (Å²) in [6.45, 7) is 2.94. The molecule has 0 aliphatic carbocycles. The van der Waals surface area contributed by atoms with Gasteiger partial charge in [-0.1, -0.05) is 17.4 Å². The third kappa shape index (κ3) is 3.99. The summed E-state index contributed by atoms with van der Waals surface area (Å²) < 4.78 is 7.57. The van der Waals surface area contributed by atoms with Gasteiger partial charge >= 0.3 is 0 Å². The SMILES string of the molecule is CCOc1ccc2nc(N(Cc3cccnc3)C(=O)c3ccc4ncsc4c3)sc2c1. The Kier molecular flexibility index (Phi) is 5.31. The van der Waals surface area contributed by atoms with Crippen LogP contribution in [-0.2, 0) is 6.54 Å². The number of thiazole rings is 2. The zero-order chi connectivity index (χ0) is 21.2. The van der Waals surface area contributed by atoms with E-state index in [9.17, 15) is 4.79 Å². The molecule has 0 fully saturated rings. The van der Waals surface area contributed by atoms with Gasteiger partial charge in [0.25, 0.3) is 5.91 Å². The van der Waals surface area contributed by atoms with Crippen LogP contribution in [0.2, 0.25) is 0 Å². The third-order valence-electron chi connectivity index (χ3n) is 4.78. The first-order valence-corrected chi connectivity index (χ1v) is 11.5. The molecule has 6 nitrogen and oxygen atoms in total. The van der Waals surface area contributed by atoms with Crippen LogP contribution >= 0.6 is 22.7 Å². The van der Waals surface area contributed by atoms with Gasteiger partial charge in [-0.25, -0.2) is 9.97 Å². The lowest BCUT2D eigenvalue weighted by Gasteiger charge is -2.20. The summed E-state index contributed by atoms with van der Waals surface area (Å²) in [7, 11) is 0. The van der Waals surface area contributed by atoms with E-state index >= 15 is 0 Å².